The van der Waals surface area contributed by atoms with Crippen LogP contribution in [0.3, 0.4) is 0 Å². The molecule has 0 amide bonds. The predicted octanol–water partition coefficient (Wildman–Crippen LogP) is 16.4. The van der Waals surface area contributed by atoms with Gasteiger partial charge in [0.1, 0.15) is 6.33 Å². The zero-order valence-electron chi connectivity index (χ0n) is 35.3. The molecule has 320 valence electrons. The molecule has 0 saturated heterocycles. The first kappa shape index (κ1) is 87.3. The average Bonchev–Trinajstić information content (AvgIpc) is 3.11. The molecule has 0 N–H and O–H groups in total. The number of aromatic nitrogens is 7. The van der Waals surface area contributed by atoms with Crippen molar-refractivity contribution in [3.8, 4) is 0 Å². The highest BCUT2D eigenvalue weighted by molar-refractivity contribution is 4.88. The Hall–Kier alpha value is -3.61. The van der Waals surface area contributed by atoms with Crippen LogP contribution in [-0.4, -0.2) is 35.1 Å². The first-order valence-corrected chi connectivity index (χ1v) is 17.9. The van der Waals surface area contributed by atoms with E-state index in [9.17, 15) is 0 Å². The molecule has 7 nitrogen and oxygen atoms in total. The van der Waals surface area contributed by atoms with E-state index in [2.05, 4.69) is 118 Å². The summed E-state index contributed by atoms with van der Waals surface area (Å²) >= 11 is 0. The maximum Gasteiger partial charge on any atom is 0.115 e. The molecule has 0 fully saturated rings. The number of pyridine rings is 1. The van der Waals surface area contributed by atoms with E-state index in [0.717, 1.165) is 23.7 Å². The summed E-state index contributed by atoms with van der Waals surface area (Å²) in [6.07, 6.45) is 18.2. The van der Waals surface area contributed by atoms with Gasteiger partial charge in [0.15, 0.2) is 0 Å². The molecule has 7 heteroatoms. The molecular weight excluding hydrogens is 651 g/mol. The Morgan fingerprint density at radius 3 is 0.509 bits per heavy atom. The summed E-state index contributed by atoms with van der Waals surface area (Å²) in [6.45, 7) is 42.0. The van der Waals surface area contributed by atoms with Crippen molar-refractivity contribution in [1.29, 1.82) is 0 Å². The minimum Gasteiger partial charge on any atom is -0.265 e. The quantitative estimate of drug-likeness (QED) is 0.177. The Bertz CT molecular complexity index is 582. The molecule has 0 saturated carbocycles. The zero-order chi connectivity index (χ0) is 39.3. The molecule has 0 aliphatic carbocycles. The maximum absolute atomic E-state index is 3.78. The summed E-state index contributed by atoms with van der Waals surface area (Å²) in [4.78, 5) is 18.6. The van der Waals surface area contributed by atoms with Gasteiger partial charge in [-0.25, -0.2) is 9.97 Å². The van der Waals surface area contributed by atoms with Gasteiger partial charge in [-0.2, -0.15) is 10.2 Å². The second-order valence-electron chi connectivity index (χ2n) is 10.7. The number of hydrogen-bond donors (Lipinski definition) is 0. The Kier molecular flexibility index (Phi) is 171. The molecule has 4 aromatic heterocycles. The van der Waals surface area contributed by atoms with E-state index in [0.29, 0.717) is 0 Å². The molecule has 0 bridgehead atoms. The van der Waals surface area contributed by atoms with Crippen LogP contribution in [0, 0.1) is 23.7 Å². The van der Waals surface area contributed by atoms with Crippen LogP contribution in [0.5, 0.6) is 0 Å². The summed E-state index contributed by atoms with van der Waals surface area (Å²) < 4.78 is 0. The van der Waals surface area contributed by atoms with E-state index in [1.165, 1.54) is 6.33 Å². The molecule has 0 atom stereocenters. The molecule has 53 heavy (non-hydrogen) atoms. The SMILES string of the molecule is C.C.C.C.C.CC.CC.CC.CC.CC(C)C.CC(C)C.CC(C)C.CC(C)C.c1ccncc1.c1ccnnc1.c1cnccn1.c1cncnc1. The molecular formula is C46H101N7. The molecule has 0 spiro atoms. The molecule has 0 aromatic carbocycles. The van der Waals surface area contributed by atoms with E-state index in [1.54, 1.807) is 68.0 Å². The Balaban J connectivity index is -0.0000000303. The van der Waals surface area contributed by atoms with Gasteiger partial charge in [-0.05, 0) is 54.0 Å². The first-order chi connectivity index (χ1) is 22.9. The molecule has 4 heterocycles. The number of hydrogen-bond acceptors (Lipinski definition) is 7. The largest absolute Gasteiger partial charge is 0.265 e. The van der Waals surface area contributed by atoms with Crippen LogP contribution in [-0.2, 0) is 0 Å². The van der Waals surface area contributed by atoms with Crippen molar-refractivity contribution in [2.24, 2.45) is 23.7 Å². The van der Waals surface area contributed by atoms with Crippen LogP contribution < -0.4 is 0 Å². The third-order valence-electron chi connectivity index (χ3n) is 2.00. The van der Waals surface area contributed by atoms with Gasteiger partial charge in [0, 0.05) is 62.0 Å². The minimum absolute atomic E-state index is 0. The second-order valence-corrected chi connectivity index (χ2v) is 10.7. The van der Waals surface area contributed by atoms with Gasteiger partial charge in [-0.3, -0.25) is 15.0 Å². The lowest BCUT2D eigenvalue weighted by Crippen LogP contribution is -1.69. The molecule has 0 aliphatic rings. The smallest absolute Gasteiger partial charge is 0.115 e. The summed E-state index contributed by atoms with van der Waals surface area (Å²) in [5.74, 6) is 3.33. The van der Waals surface area contributed by atoms with E-state index in [-0.39, 0.29) is 37.1 Å². The van der Waals surface area contributed by atoms with Crippen molar-refractivity contribution in [1.82, 2.24) is 35.1 Å². The van der Waals surface area contributed by atoms with Gasteiger partial charge in [0.2, 0.25) is 0 Å². The van der Waals surface area contributed by atoms with Crippen LogP contribution in [0.4, 0.5) is 0 Å². The molecule has 4 rings (SSSR count). The van der Waals surface area contributed by atoms with E-state index < -0.39 is 0 Å². The molecule has 0 aliphatic heterocycles. The minimum atomic E-state index is 0. The van der Waals surface area contributed by atoms with Gasteiger partial charge in [0.05, 0.1) is 0 Å². The standard InChI is InChI=1S/C5H5N.3C4H4N2.4C4H10.4C2H6.5CH4/c1-2-4-6-5-3-1;1-2-6-4-3-5-1;1-2-5-4-6-3-1;1-2-4-6-5-3-1;4*1-4(2)3;4*1-2;;;;;/h1-5H;3*1-4H;4*4H,1-3H3;4*1-2H3;5*1H4. The summed E-state index contributed by atoms with van der Waals surface area (Å²) in [6, 6.07) is 11.1. The second kappa shape index (κ2) is 104. The fraction of sp³-hybridized carbons (Fsp3) is 0.630. The fourth-order valence-corrected chi connectivity index (χ4v) is 1.07. The van der Waals surface area contributed by atoms with Crippen molar-refractivity contribution in [3.63, 3.8) is 0 Å². The normalized spacial score (nSPS) is 6.79. The van der Waals surface area contributed by atoms with Crippen LogP contribution in [0.2, 0.25) is 0 Å². The van der Waals surface area contributed by atoms with Crippen LogP contribution >= 0.6 is 0 Å². The number of nitrogens with zero attached hydrogens (tertiary/aromatic N) is 7. The van der Waals surface area contributed by atoms with Gasteiger partial charge < -0.3 is 0 Å². The summed E-state index contributed by atoms with van der Waals surface area (Å²) in [5, 5.41) is 7.07. The Morgan fingerprint density at radius 1 is 0.245 bits per heavy atom. The van der Waals surface area contributed by atoms with Crippen LogP contribution in [0.25, 0.3) is 0 Å². The lowest BCUT2D eigenvalue weighted by molar-refractivity contribution is 0.736. The van der Waals surface area contributed by atoms with E-state index >= 15 is 0 Å². The van der Waals surface area contributed by atoms with Crippen molar-refractivity contribution >= 4 is 0 Å². The third-order valence-corrected chi connectivity index (χ3v) is 2.00. The van der Waals surface area contributed by atoms with E-state index in [4.69, 9.17) is 0 Å². The van der Waals surface area contributed by atoms with Crippen molar-refractivity contribution < 1.29 is 0 Å². The van der Waals surface area contributed by atoms with Gasteiger partial charge in [-0.15, -0.1) is 0 Å². The highest BCUT2D eigenvalue weighted by atomic mass is 15.1. The lowest BCUT2D eigenvalue weighted by atomic mass is 10.3. The van der Waals surface area contributed by atoms with Crippen molar-refractivity contribution in [2.45, 2.75) is 176 Å². The summed E-state index contributed by atoms with van der Waals surface area (Å²) in [7, 11) is 0. The van der Waals surface area contributed by atoms with E-state index in [1.807, 2.05) is 85.7 Å². The lowest BCUT2D eigenvalue weighted by Gasteiger charge is -1.79. The zero-order valence-corrected chi connectivity index (χ0v) is 35.3. The third kappa shape index (κ3) is 250. The number of rotatable bonds is 0. The predicted molar refractivity (Wildman–Crippen MR) is 251 cm³/mol. The van der Waals surface area contributed by atoms with Gasteiger partial charge in [-0.1, -0.05) is 182 Å². The van der Waals surface area contributed by atoms with Crippen LogP contribution in [0.15, 0.2) is 105 Å². The Labute approximate surface area is 338 Å². The average molecular weight is 752 g/mol. The Morgan fingerprint density at radius 2 is 0.434 bits per heavy atom. The molecule has 4 aromatic rings. The fourth-order valence-electron chi connectivity index (χ4n) is 1.07. The first-order valence-electron chi connectivity index (χ1n) is 17.9. The van der Waals surface area contributed by atoms with Gasteiger partial charge in [0.25, 0.3) is 0 Å². The monoisotopic (exact) mass is 752 g/mol. The molecule has 0 radical (unpaired) electrons. The highest BCUT2D eigenvalue weighted by Gasteiger charge is 1.69. The maximum atomic E-state index is 3.78. The topological polar surface area (TPSA) is 90.2 Å². The van der Waals surface area contributed by atoms with Crippen LogP contribution in [0.1, 0.15) is 176 Å². The summed E-state index contributed by atoms with van der Waals surface area (Å²) in [5.41, 5.74) is 0. The van der Waals surface area contributed by atoms with Crippen molar-refractivity contribution in [2.75, 3.05) is 0 Å². The van der Waals surface area contributed by atoms with Crippen molar-refractivity contribution in [3.05, 3.63) is 105 Å². The molecule has 0 unspecified atom stereocenters. The highest BCUT2D eigenvalue weighted by Crippen LogP contribution is 1.82. The van der Waals surface area contributed by atoms with Gasteiger partial charge >= 0.3 is 0 Å².